The summed E-state index contributed by atoms with van der Waals surface area (Å²) in [4.78, 5) is 1.73. The van der Waals surface area contributed by atoms with Gasteiger partial charge >= 0.3 is 0 Å². The normalized spacial score (nSPS) is 11.4. The Morgan fingerprint density at radius 2 is 1.60 bits per heavy atom. The average Bonchev–Trinajstić information content (AvgIpc) is 2.52. The number of thioether (sulfide) groups is 2. The Morgan fingerprint density at radius 1 is 1.00 bits per heavy atom. The van der Waals surface area contributed by atoms with Gasteiger partial charge in [-0.2, -0.15) is 5.26 Å². The predicted molar refractivity (Wildman–Crippen MR) is 88.5 cm³/mol. The Balaban J connectivity index is 2.22. The van der Waals surface area contributed by atoms with Crippen LogP contribution in [0.2, 0.25) is 0 Å². The van der Waals surface area contributed by atoms with Crippen molar-refractivity contribution in [3.63, 3.8) is 0 Å². The highest BCUT2D eigenvalue weighted by Crippen LogP contribution is 2.32. The standard InChI is InChI=1S/C16H14N2S2/c1-19-16(18-13-8-4-2-5-9-13)15(12-17)20-14-10-6-3-7-11-14/h2-11,18H,1H3/b16-15-. The first kappa shape index (κ1) is 14.6. The molecular formula is C16H14N2S2. The van der Waals surface area contributed by atoms with Crippen LogP contribution >= 0.6 is 23.5 Å². The molecule has 0 bridgehead atoms. The first-order chi connectivity index (χ1) is 9.83. The van der Waals surface area contributed by atoms with Crippen LogP contribution in [-0.2, 0) is 0 Å². The quantitative estimate of drug-likeness (QED) is 0.626. The molecule has 0 unspecified atom stereocenters. The maximum absolute atomic E-state index is 9.38. The molecule has 0 aromatic heterocycles. The maximum atomic E-state index is 9.38. The molecule has 2 rings (SSSR count). The lowest BCUT2D eigenvalue weighted by atomic mass is 10.3. The van der Waals surface area contributed by atoms with Crippen LogP contribution in [0, 0.1) is 11.3 Å². The summed E-state index contributed by atoms with van der Waals surface area (Å²) in [7, 11) is 0. The molecule has 20 heavy (non-hydrogen) atoms. The largest absolute Gasteiger partial charge is 0.349 e. The van der Waals surface area contributed by atoms with Crippen molar-refractivity contribution in [3.8, 4) is 6.07 Å². The number of nitrogens with zero attached hydrogens (tertiary/aromatic N) is 1. The lowest BCUT2D eigenvalue weighted by molar-refractivity contribution is 1.45. The van der Waals surface area contributed by atoms with Crippen molar-refractivity contribution >= 4 is 29.2 Å². The number of hydrogen-bond donors (Lipinski definition) is 1. The number of anilines is 1. The number of nitriles is 1. The van der Waals surface area contributed by atoms with E-state index in [-0.39, 0.29) is 0 Å². The van der Waals surface area contributed by atoms with Gasteiger partial charge in [0.25, 0.3) is 0 Å². The molecule has 0 fully saturated rings. The second kappa shape index (κ2) is 7.68. The van der Waals surface area contributed by atoms with Crippen LogP contribution in [0.1, 0.15) is 0 Å². The van der Waals surface area contributed by atoms with Gasteiger partial charge in [0, 0.05) is 10.6 Å². The first-order valence-corrected chi connectivity index (χ1v) is 8.11. The Hall–Kier alpha value is -1.83. The van der Waals surface area contributed by atoms with Crippen LogP contribution in [-0.4, -0.2) is 6.26 Å². The van der Waals surface area contributed by atoms with Gasteiger partial charge in [-0.05, 0) is 30.5 Å². The molecule has 0 spiro atoms. The number of hydrogen-bond acceptors (Lipinski definition) is 4. The highest BCUT2D eigenvalue weighted by Gasteiger charge is 2.08. The molecule has 0 saturated heterocycles. The molecule has 1 N–H and O–H groups in total. The van der Waals surface area contributed by atoms with Gasteiger partial charge in [0.05, 0.1) is 5.03 Å². The van der Waals surface area contributed by atoms with Crippen molar-refractivity contribution in [2.45, 2.75) is 4.90 Å². The Morgan fingerprint density at radius 3 is 2.15 bits per heavy atom. The Bertz CT molecular complexity index is 616. The lowest BCUT2D eigenvalue weighted by Crippen LogP contribution is -1.98. The summed E-state index contributed by atoms with van der Waals surface area (Å²) < 4.78 is 0. The van der Waals surface area contributed by atoms with Crippen LogP contribution in [0.4, 0.5) is 5.69 Å². The molecule has 2 aromatic carbocycles. The van der Waals surface area contributed by atoms with E-state index >= 15 is 0 Å². The van der Waals surface area contributed by atoms with E-state index in [1.165, 1.54) is 11.8 Å². The summed E-state index contributed by atoms with van der Waals surface area (Å²) in [5, 5.41) is 13.6. The van der Waals surface area contributed by atoms with Crippen molar-refractivity contribution < 1.29 is 0 Å². The molecule has 0 aliphatic rings. The van der Waals surface area contributed by atoms with E-state index in [1.807, 2.05) is 66.9 Å². The maximum Gasteiger partial charge on any atom is 0.120 e. The third-order valence-corrected chi connectivity index (χ3v) is 4.36. The van der Waals surface area contributed by atoms with E-state index in [0.717, 1.165) is 15.6 Å². The second-order valence-corrected chi connectivity index (χ2v) is 5.78. The van der Waals surface area contributed by atoms with Crippen LogP contribution < -0.4 is 5.32 Å². The van der Waals surface area contributed by atoms with Crippen LogP contribution in [0.15, 0.2) is 75.5 Å². The minimum atomic E-state index is 0.674. The minimum Gasteiger partial charge on any atom is -0.349 e. The van der Waals surface area contributed by atoms with Gasteiger partial charge in [-0.25, -0.2) is 0 Å². The summed E-state index contributed by atoms with van der Waals surface area (Å²) in [5.74, 6) is 0. The third-order valence-electron chi connectivity index (χ3n) is 2.51. The molecule has 100 valence electrons. The zero-order valence-electron chi connectivity index (χ0n) is 11.0. The fraction of sp³-hybridized carbons (Fsp3) is 0.0625. The first-order valence-electron chi connectivity index (χ1n) is 6.07. The number of allylic oxidation sites excluding steroid dienone is 1. The molecule has 0 saturated carbocycles. The highest BCUT2D eigenvalue weighted by atomic mass is 32.2. The van der Waals surface area contributed by atoms with Crippen molar-refractivity contribution in [3.05, 3.63) is 70.6 Å². The van der Waals surface area contributed by atoms with Crippen LogP contribution in [0.5, 0.6) is 0 Å². The predicted octanol–water partition coefficient (Wildman–Crippen LogP) is 4.95. The molecule has 0 heterocycles. The van der Waals surface area contributed by atoms with Gasteiger partial charge in [-0.1, -0.05) is 48.2 Å². The SMILES string of the molecule is CS/C(Nc1ccccc1)=C(/C#N)Sc1ccccc1. The molecule has 0 atom stereocenters. The van der Waals surface area contributed by atoms with Crippen molar-refractivity contribution in [1.29, 1.82) is 5.26 Å². The average molecular weight is 298 g/mol. The van der Waals surface area contributed by atoms with Gasteiger partial charge in [0.2, 0.25) is 0 Å². The molecule has 4 heteroatoms. The van der Waals surface area contributed by atoms with Gasteiger partial charge in [0.1, 0.15) is 11.0 Å². The number of nitrogens with one attached hydrogen (secondary N) is 1. The highest BCUT2D eigenvalue weighted by molar-refractivity contribution is 8.06. The monoisotopic (exact) mass is 298 g/mol. The van der Waals surface area contributed by atoms with E-state index in [0.29, 0.717) is 4.91 Å². The third kappa shape index (κ3) is 4.09. The summed E-state index contributed by atoms with van der Waals surface area (Å²) in [5.41, 5.74) is 0.985. The molecule has 0 radical (unpaired) electrons. The number of benzene rings is 2. The van der Waals surface area contributed by atoms with Crippen LogP contribution in [0.25, 0.3) is 0 Å². The van der Waals surface area contributed by atoms with Gasteiger partial charge in [-0.15, -0.1) is 11.8 Å². The zero-order chi connectivity index (χ0) is 14.2. The molecular weight excluding hydrogens is 284 g/mol. The van der Waals surface area contributed by atoms with Crippen molar-refractivity contribution in [1.82, 2.24) is 0 Å². The van der Waals surface area contributed by atoms with E-state index in [9.17, 15) is 5.26 Å². The summed E-state index contributed by atoms with van der Waals surface area (Å²) in [6.07, 6.45) is 1.97. The lowest BCUT2D eigenvalue weighted by Gasteiger charge is -2.10. The van der Waals surface area contributed by atoms with Crippen molar-refractivity contribution in [2.24, 2.45) is 0 Å². The van der Waals surface area contributed by atoms with Crippen molar-refractivity contribution in [2.75, 3.05) is 11.6 Å². The topological polar surface area (TPSA) is 35.8 Å². The molecule has 2 nitrogen and oxygen atoms in total. The summed E-state index contributed by atoms with van der Waals surface area (Å²) in [6.45, 7) is 0. The molecule has 0 aliphatic heterocycles. The molecule has 2 aromatic rings. The van der Waals surface area contributed by atoms with E-state index in [2.05, 4.69) is 11.4 Å². The van der Waals surface area contributed by atoms with Gasteiger partial charge in [-0.3, -0.25) is 0 Å². The van der Waals surface area contributed by atoms with E-state index in [1.54, 1.807) is 11.8 Å². The molecule has 0 aliphatic carbocycles. The molecule has 0 amide bonds. The smallest absolute Gasteiger partial charge is 0.120 e. The van der Waals surface area contributed by atoms with Gasteiger partial charge in [0.15, 0.2) is 0 Å². The summed E-state index contributed by atoms with van der Waals surface area (Å²) >= 11 is 3.02. The fourth-order valence-corrected chi connectivity index (χ4v) is 3.12. The zero-order valence-corrected chi connectivity index (χ0v) is 12.7. The van der Waals surface area contributed by atoms with E-state index < -0.39 is 0 Å². The second-order valence-electron chi connectivity index (χ2n) is 3.88. The fourth-order valence-electron chi connectivity index (χ4n) is 1.58. The Labute approximate surface area is 127 Å². The van der Waals surface area contributed by atoms with Gasteiger partial charge < -0.3 is 5.32 Å². The Kier molecular flexibility index (Phi) is 5.60. The minimum absolute atomic E-state index is 0.674. The van der Waals surface area contributed by atoms with E-state index in [4.69, 9.17) is 0 Å². The summed E-state index contributed by atoms with van der Waals surface area (Å²) in [6, 6.07) is 22.1. The van der Waals surface area contributed by atoms with Crippen LogP contribution in [0.3, 0.4) is 0 Å². The number of para-hydroxylation sites is 1. The number of rotatable bonds is 5.